The fraction of sp³-hybridized carbons (Fsp3) is 0.500. The summed E-state index contributed by atoms with van der Waals surface area (Å²) < 4.78 is 10.4. The molecule has 1 atom stereocenters. The van der Waals surface area contributed by atoms with E-state index in [9.17, 15) is 4.79 Å². The van der Waals surface area contributed by atoms with Crippen LogP contribution in [0.4, 0.5) is 5.69 Å². The minimum absolute atomic E-state index is 0. The van der Waals surface area contributed by atoms with E-state index >= 15 is 0 Å². The molecule has 1 aliphatic rings. The van der Waals surface area contributed by atoms with Gasteiger partial charge in [0.25, 0.3) is 0 Å². The molecule has 1 aromatic rings. The van der Waals surface area contributed by atoms with Gasteiger partial charge in [-0.25, -0.2) is 0 Å². The monoisotopic (exact) mass is 300 g/mol. The van der Waals surface area contributed by atoms with Crippen molar-refractivity contribution in [1.29, 1.82) is 0 Å². The minimum Gasteiger partial charge on any atom is -0.497 e. The molecule has 1 unspecified atom stereocenters. The summed E-state index contributed by atoms with van der Waals surface area (Å²) in [4.78, 5) is 12.0. The van der Waals surface area contributed by atoms with Gasteiger partial charge in [0.15, 0.2) is 0 Å². The van der Waals surface area contributed by atoms with Crippen LogP contribution in [0, 0.1) is 5.92 Å². The molecule has 0 bridgehead atoms. The van der Waals surface area contributed by atoms with Crippen LogP contribution in [0.2, 0.25) is 0 Å². The van der Waals surface area contributed by atoms with Crippen LogP contribution in [-0.4, -0.2) is 33.2 Å². The third-order valence-electron chi connectivity index (χ3n) is 3.32. The van der Waals surface area contributed by atoms with E-state index in [0.717, 1.165) is 19.5 Å². The lowest BCUT2D eigenvalue weighted by Crippen LogP contribution is -2.18. The number of anilines is 1. The van der Waals surface area contributed by atoms with Crippen molar-refractivity contribution in [3.63, 3.8) is 0 Å². The quantitative estimate of drug-likeness (QED) is 0.874. The highest BCUT2D eigenvalue weighted by atomic mass is 35.5. The zero-order valence-electron chi connectivity index (χ0n) is 11.8. The number of amides is 1. The Balaban J connectivity index is 0.00000200. The number of halogens is 1. The van der Waals surface area contributed by atoms with Gasteiger partial charge in [0, 0.05) is 12.5 Å². The Morgan fingerprint density at radius 1 is 1.40 bits per heavy atom. The molecule has 1 fully saturated rings. The zero-order chi connectivity index (χ0) is 13.7. The maximum Gasteiger partial charge on any atom is 0.224 e. The Kier molecular flexibility index (Phi) is 6.61. The van der Waals surface area contributed by atoms with Crippen molar-refractivity contribution in [2.24, 2.45) is 5.92 Å². The number of nitrogens with one attached hydrogen (secondary N) is 2. The summed E-state index contributed by atoms with van der Waals surface area (Å²) in [5, 5.41) is 6.15. The van der Waals surface area contributed by atoms with E-state index in [0.29, 0.717) is 29.5 Å². The van der Waals surface area contributed by atoms with Gasteiger partial charge in [0.2, 0.25) is 5.91 Å². The molecular weight excluding hydrogens is 280 g/mol. The topological polar surface area (TPSA) is 59.6 Å². The van der Waals surface area contributed by atoms with Crippen LogP contribution in [0.15, 0.2) is 18.2 Å². The Morgan fingerprint density at radius 2 is 2.20 bits per heavy atom. The summed E-state index contributed by atoms with van der Waals surface area (Å²) in [6, 6.07) is 5.35. The molecule has 20 heavy (non-hydrogen) atoms. The highest BCUT2D eigenvalue weighted by molar-refractivity contribution is 5.92. The van der Waals surface area contributed by atoms with Gasteiger partial charge < -0.3 is 20.1 Å². The number of rotatable bonds is 5. The van der Waals surface area contributed by atoms with Crippen molar-refractivity contribution in [3.8, 4) is 11.5 Å². The molecule has 5 nitrogen and oxygen atoms in total. The van der Waals surface area contributed by atoms with Crippen molar-refractivity contribution in [2.45, 2.75) is 12.8 Å². The number of methoxy groups -OCH3 is 2. The van der Waals surface area contributed by atoms with Gasteiger partial charge in [-0.3, -0.25) is 4.79 Å². The lowest BCUT2D eigenvalue weighted by molar-refractivity contribution is -0.117. The standard InChI is InChI=1S/C14H20N2O3.ClH/c1-18-11-3-4-12(13(8-11)19-2)16-14(17)7-10-5-6-15-9-10;/h3-4,8,10,15H,5-7,9H2,1-2H3,(H,16,17);1H. The Labute approximate surface area is 125 Å². The van der Waals surface area contributed by atoms with Gasteiger partial charge in [-0.1, -0.05) is 0 Å². The van der Waals surface area contributed by atoms with E-state index in [-0.39, 0.29) is 18.3 Å². The Bertz CT molecular complexity index is 448. The van der Waals surface area contributed by atoms with Gasteiger partial charge in [-0.05, 0) is 37.6 Å². The van der Waals surface area contributed by atoms with E-state index in [1.807, 2.05) is 0 Å². The molecule has 0 radical (unpaired) electrons. The number of benzene rings is 1. The second kappa shape index (κ2) is 7.97. The fourth-order valence-corrected chi connectivity index (χ4v) is 2.25. The van der Waals surface area contributed by atoms with E-state index < -0.39 is 0 Å². The van der Waals surface area contributed by atoms with Gasteiger partial charge in [-0.15, -0.1) is 12.4 Å². The smallest absolute Gasteiger partial charge is 0.224 e. The highest BCUT2D eigenvalue weighted by Gasteiger charge is 2.18. The zero-order valence-corrected chi connectivity index (χ0v) is 12.6. The third kappa shape index (κ3) is 4.28. The number of hydrogen-bond donors (Lipinski definition) is 2. The van der Waals surface area contributed by atoms with Crippen LogP contribution in [0.5, 0.6) is 11.5 Å². The summed E-state index contributed by atoms with van der Waals surface area (Å²) in [6.07, 6.45) is 1.61. The fourth-order valence-electron chi connectivity index (χ4n) is 2.25. The molecule has 2 N–H and O–H groups in total. The predicted molar refractivity (Wildman–Crippen MR) is 81.0 cm³/mol. The summed E-state index contributed by atoms with van der Waals surface area (Å²) >= 11 is 0. The molecule has 1 aromatic carbocycles. The van der Waals surface area contributed by atoms with Crippen LogP contribution in [0.3, 0.4) is 0 Å². The number of hydrogen-bond acceptors (Lipinski definition) is 4. The molecule has 112 valence electrons. The Hall–Kier alpha value is -1.46. The van der Waals surface area contributed by atoms with Crippen molar-refractivity contribution in [3.05, 3.63) is 18.2 Å². The molecule has 0 aliphatic carbocycles. The second-order valence-electron chi connectivity index (χ2n) is 4.68. The lowest BCUT2D eigenvalue weighted by Gasteiger charge is -2.13. The van der Waals surface area contributed by atoms with Gasteiger partial charge >= 0.3 is 0 Å². The largest absolute Gasteiger partial charge is 0.497 e. The normalized spacial score (nSPS) is 17.2. The molecule has 0 aromatic heterocycles. The number of ether oxygens (including phenoxy) is 2. The van der Waals surface area contributed by atoms with Crippen molar-refractivity contribution >= 4 is 24.0 Å². The second-order valence-corrected chi connectivity index (χ2v) is 4.68. The highest BCUT2D eigenvalue weighted by Crippen LogP contribution is 2.29. The first-order valence-corrected chi connectivity index (χ1v) is 6.45. The summed E-state index contributed by atoms with van der Waals surface area (Å²) in [5.74, 6) is 1.77. The van der Waals surface area contributed by atoms with Crippen LogP contribution >= 0.6 is 12.4 Å². The number of carbonyl (C=O) groups is 1. The van der Waals surface area contributed by atoms with Crippen molar-refractivity contribution in [2.75, 3.05) is 32.6 Å². The van der Waals surface area contributed by atoms with Gasteiger partial charge in [0.1, 0.15) is 11.5 Å². The van der Waals surface area contributed by atoms with Crippen molar-refractivity contribution < 1.29 is 14.3 Å². The first-order valence-electron chi connectivity index (χ1n) is 6.45. The SMILES string of the molecule is COc1ccc(NC(=O)CC2CCNC2)c(OC)c1.Cl. The minimum atomic E-state index is 0. The maximum atomic E-state index is 12.0. The first kappa shape index (κ1) is 16.6. The van der Waals surface area contributed by atoms with E-state index in [2.05, 4.69) is 10.6 Å². The lowest BCUT2D eigenvalue weighted by atomic mass is 10.0. The first-order chi connectivity index (χ1) is 9.22. The third-order valence-corrected chi connectivity index (χ3v) is 3.32. The molecule has 1 amide bonds. The molecule has 0 saturated carbocycles. The van der Waals surface area contributed by atoms with E-state index in [4.69, 9.17) is 9.47 Å². The summed E-state index contributed by atoms with van der Waals surface area (Å²) in [5.41, 5.74) is 0.680. The van der Waals surface area contributed by atoms with Crippen LogP contribution in [-0.2, 0) is 4.79 Å². The van der Waals surface area contributed by atoms with Crippen LogP contribution in [0.1, 0.15) is 12.8 Å². The van der Waals surface area contributed by atoms with Gasteiger partial charge in [0.05, 0.1) is 19.9 Å². The molecule has 0 spiro atoms. The average molecular weight is 301 g/mol. The molecule has 1 saturated heterocycles. The number of carbonyl (C=O) groups excluding carboxylic acids is 1. The van der Waals surface area contributed by atoms with Crippen molar-refractivity contribution in [1.82, 2.24) is 5.32 Å². The Morgan fingerprint density at radius 3 is 2.80 bits per heavy atom. The van der Waals surface area contributed by atoms with E-state index in [1.54, 1.807) is 32.4 Å². The summed E-state index contributed by atoms with van der Waals surface area (Å²) in [7, 11) is 3.17. The average Bonchev–Trinajstić information content (AvgIpc) is 2.91. The van der Waals surface area contributed by atoms with Gasteiger partial charge in [-0.2, -0.15) is 0 Å². The molecule has 6 heteroatoms. The predicted octanol–water partition coefficient (Wildman–Crippen LogP) is 2.06. The maximum absolute atomic E-state index is 12.0. The molecule has 1 heterocycles. The molecular formula is C14H21ClN2O3. The summed E-state index contributed by atoms with van der Waals surface area (Å²) in [6.45, 7) is 1.93. The van der Waals surface area contributed by atoms with E-state index in [1.165, 1.54) is 0 Å². The molecule has 2 rings (SSSR count). The molecule has 1 aliphatic heterocycles. The van der Waals surface area contributed by atoms with Crippen LogP contribution < -0.4 is 20.1 Å². The van der Waals surface area contributed by atoms with Crippen LogP contribution in [0.25, 0.3) is 0 Å².